The van der Waals surface area contributed by atoms with Gasteiger partial charge in [-0.1, -0.05) is 35.5 Å². The van der Waals surface area contributed by atoms with E-state index in [1.165, 1.54) is 4.88 Å². The summed E-state index contributed by atoms with van der Waals surface area (Å²) in [5, 5.41) is 9.64. The average molecular weight is 376 g/mol. The SMILES string of the molecule is Cc1ccc(-c2nc(-c3cccc(NC(=O)Nc4ccccc4)c3)no2)s1. The second-order valence-corrected chi connectivity index (χ2v) is 7.15. The third-order valence-electron chi connectivity index (χ3n) is 3.79. The van der Waals surface area contributed by atoms with E-state index in [0.29, 0.717) is 17.4 Å². The lowest BCUT2D eigenvalue weighted by atomic mass is 10.2. The predicted octanol–water partition coefficient (Wildman–Crippen LogP) is 5.42. The number of aryl methyl sites for hydroxylation is 1. The lowest BCUT2D eigenvalue weighted by Crippen LogP contribution is -2.19. The number of amides is 2. The first-order valence-corrected chi connectivity index (χ1v) is 9.13. The minimum atomic E-state index is -0.318. The predicted molar refractivity (Wildman–Crippen MR) is 107 cm³/mol. The topological polar surface area (TPSA) is 80.0 Å². The van der Waals surface area contributed by atoms with Crippen molar-refractivity contribution in [1.29, 1.82) is 0 Å². The lowest BCUT2D eigenvalue weighted by molar-refractivity contribution is 0.262. The zero-order chi connectivity index (χ0) is 18.6. The minimum Gasteiger partial charge on any atom is -0.333 e. The summed E-state index contributed by atoms with van der Waals surface area (Å²) < 4.78 is 5.37. The number of hydrogen-bond donors (Lipinski definition) is 2. The van der Waals surface area contributed by atoms with Crippen LogP contribution < -0.4 is 10.6 Å². The first kappa shape index (κ1) is 17.0. The maximum Gasteiger partial charge on any atom is 0.323 e. The lowest BCUT2D eigenvalue weighted by Gasteiger charge is -2.08. The number of hydrogen-bond acceptors (Lipinski definition) is 5. The van der Waals surface area contributed by atoms with Crippen LogP contribution in [0.1, 0.15) is 4.88 Å². The highest BCUT2D eigenvalue weighted by Crippen LogP contribution is 2.28. The molecule has 7 heteroatoms. The molecular weight excluding hydrogens is 360 g/mol. The first-order valence-electron chi connectivity index (χ1n) is 8.31. The molecule has 2 amide bonds. The van der Waals surface area contributed by atoms with Crippen LogP contribution in [-0.2, 0) is 0 Å². The standard InChI is InChI=1S/C20H16N4O2S/c1-13-10-11-17(27-13)19-23-18(24-26-19)14-6-5-9-16(12-14)22-20(25)21-15-7-3-2-4-8-15/h2-12H,1H3,(H2,21,22,25). The molecule has 0 aliphatic heterocycles. The van der Waals surface area contributed by atoms with Crippen molar-refractivity contribution >= 4 is 28.7 Å². The van der Waals surface area contributed by atoms with E-state index in [4.69, 9.17) is 4.52 Å². The third-order valence-corrected chi connectivity index (χ3v) is 4.78. The summed E-state index contributed by atoms with van der Waals surface area (Å²) in [7, 11) is 0. The van der Waals surface area contributed by atoms with Gasteiger partial charge in [-0.25, -0.2) is 4.79 Å². The molecular formula is C20H16N4O2S. The van der Waals surface area contributed by atoms with Gasteiger partial charge >= 0.3 is 6.03 Å². The van der Waals surface area contributed by atoms with Crippen LogP contribution >= 0.6 is 11.3 Å². The Labute approximate surface area is 159 Å². The summed E-state index contributed by atoms with van der Waals surface area (Å²) in [6, 6.07) is 20.2. The van der Waals surface area contributed by atoms with Gasteiger partial charge in [0.15, 0.2) is 0 Å². The Morgan fingerprint density at radius 3 is 2.52 bits per heavy atom. The molecule has 2 aromatic carbocycles. The Kier molecular flexibility index (Phi) is 4.67. The maximum atomic E-state index is 12.2. The highest BCUT2D eigenvalue weighted by Gasteiger charge is 2.13. The fourth-order valence-electron chi connectivity index (χ4n) is 2.54. The van der Waals surface area contributed by atoms with Gasteiger partial charge in [-0.2, -0.15) is 4.98 Å². The molecule has 2 heterocycles. The molecule has 0 fully saturated rings. The monoisotopic (exact) mass is 376 g/mol. The molecule has 0 saturated carbocycles. The van der Waals surface area contributed by atoms with Crippen molar-refractivity contribution in [2.24, 2.45) is 0 Å². The number of carbonyl (C=O) groups is 1. The Bertz CT molecular complexity index is 1070. The van der Waals surface area contributed by atoms with Crippen molar-refractivity contribution in [2.75, 3.05) is 10.6 Å². The number of carbonyl (C=O) groups excluding carboxylic acids is 1. The largest absolute Gasteiger partial charge is 0.333 e. The Morgan fingerprint density at radius 1 is 0.963 bits per heavy atom. The average Bonchev–Trinajstić information content (AvgIpc) is 3.32. The number of anilines is 2. The highest BCUT2D eigenvalue weighted by molar-refractivity contribution is 7.15. The zero-order valence-electron chi connectivity index (χ0n) is 14.5. The molecule has 0 atom stereocenters. The van der Waals surface area contributed by atoms with Crippen LogP contribution in [0, 0.1) is 6.92 Å². The fraction of sp³-hybridized carbons (Fsp3) is 0.0500. The van der Waals surface area contributed by atoms with Gasteiger partial charge in [0.05, 0.1) is 4.88 Å². The normalized spacial score (nSPS) is 10.6. The number of para-hydroxylation sites is 1. The second-order valence-electron chi connectivity index (χ2n) is 5.86. The molecule has 0 radical (unpaired) electrons. The van der Waals surface area contributed by atoms with E-state index in [0.717, 1.165) is 16.1 Å². The highest BCUT2D eigenvalue weighted by atomic mass is 32.1. The molecule has 0 aliphatic carbocycles. The summed E-state index contributed by atoms with van der Waals surface area (Å²) in [5.74, 6) is 0.964. The van der Waals surface area contributed by atoms with Crippen molar-refractivity contribution in [3.8, 4) is 22.2 Å². The fourth-order valence-corrected chi connectivity index (χ4v) is 3.33. The second kappa shape index (κ2) is 7.43. The van der Waals surface area contributed by atoms with Gasteiger partial charge in [0.2, 0.25) is 5.82 Å². The van der Waals surface area contributed by atoms with Crippen molar-refractivity contribution in [3.05, 3.63) is 71.6 Å². The van der Waals surface area contributed by atoms with E-state index >= 15 is 0 Å². The smallest absolute Gasteiger partial charge is 0.323 e. The Morgan fingerprint density at radius 2 is 1.74 bits per heavy atom. The Balaban J connectivity index is 1.49. The minimum absolute atomic E-state index is 0.318. The summed E-state index contributed by atoms with van der Waals surface area (Å²) in [6.45, 7) is 2.03. The number of nitrogens with one attached hydrogen (secondary N) is 2. The van der Waals surface area contributed by atoms with Crippen LogP contribution in [0.2, 0.25) is 0 Å². The molecule has 0 spiro atoms. The van der Waals surface area contributed by atoms with E-state index in [9.17, 15) is 4.79 Å². The van der Waals surface area contributed by atoms with Crippen LogP contribution in [0.4, 0.5) is 16.2 Å². The van der Waals surface area contributed by atoms with Gasteiger partial charge in [-0.3, -0.25) is 0 Å². The molecule has 6 nitrogen and oxygen atoms in total. The van der Waals surface area contributed by atoms with E-state index in [1.807, 2.05) is 61.5 Å². The molecule has 0 unspecified atom stereocenters. The van der Waals surface area contributed by atoms with Crippen LogP contribution in [0.25, 0.3) is 22.2 Å². The number of rotatable bonds is 4. The van der Waals surface area contributed by atoms with Crippen LogP contribution in [0.15, 0.2) is 71.3 Å². The van der Waals surface area contributed by atoms with Crippen LogP contribution in [-0.4, -0.2) is 16.2 Å². The molecule has 134 valence electrons. The number of nitrogens with zero attached hydrogens (tertiary/aromatic N) is 2. The summed E-state index contributed by atoms with van der Waals surface area (Å²) in [4.78, 5) is 18.7. The molecule has 0 aliphatic rings. The van der Waals surface area contributed by atoms with E-state index in [-0.39, 0.29) is 6.03 Å². The zero-order valence-corrected chi connectivity index (χ0v) is 15.3. The molecule has 4 aromatic rings. The maximum absolute atomic E-state index is 12.2. The van der Waals surface area contributed by atoms with Crippen LogP contribution in [0.3, 0.4) is 0 Å². The van der Waals surface area contributed by atoms with Crippen molar-refractivity contribution in [2.45, 2.75) is 6.92 Å². The number of benzene rings is 2. The van der Waals surface area contributed by atoms with E-state index in [2.05, 4.69) is 20.8 Å². The van der Waals surface area contributed by atoms with Crippen molar-refractivity contribution in [3.63, 3.8) is 0 Å². The number of thiophene rings is 1. The first-order chi connectivity index (χ1) is 13.2. The van der Waals surface area contributed by atoms with Crippen molar-refractivity contribution in [1.82, 2.24) is 10.1 Å². The summed E-state index contributed by atoms with van der Waals surface area (Å²) in [6.07, 6.45) is 0. The van der Waals surface area contributed by atoms with Gasteiger partial charge in [0.1, 0.15) is 0 Å². The number of aromatic nitrogens is 2. The molecule has 0 saturated heterocycles. The Hall–Kier alpha value is -3.45. The summed E-state index contributed by atoms with van der Waals surface area (Å²) in [5.41, 5.74) is 2.12. The van der Waals surface area contributed by atoms with Gasteiger partial charge < -0.3 is 15.2 Å². The quantitative estimate of drug-likeness (QED) is 0.498. The summed E-state index contributed by atoms with van der Waals surface area (Å²) >= 11 is 1.60. The van der Waals surface area contributed by atoms with E-state index < -0.39 is 0 Å². The number of urea groups is 1. The van der Waals surface area contributed by atoms with Gasteiger partial charge in [0, 0.05) is 21.8 Å². The molecule has 2 aromatic heterocycles. The molecule has 2 N–H and O–H groups in total. The molecule has 0 bridgehead atoms. The molecule has 27 heavy (non-hydrogen) atoms. The molecule has 4 rings (SSSR count). The van der Waals surface area contributed by atoms with Gasteiger partial charge in [0.25, 0.3) is 5.89 Å². The third kappa shape index (κ3) is 4.04. The van der Waals surface area contributed by atoms with Crippen molar-refractivity contribution < 1.29 is 9.32 Å². The van der Waals surface area contributed by atoms with Crippen LogP contribution in [0.5, 0.6) is 0 Å². The van der Waals surface area contributed by atoms with Gasteiger partial charge in [-0.15, -0.1) is 11.3 Å². The van der Waals surface area contributed by atoms with E-state index in [1.54, 1.807) is 23.5 Å². The van der Waals surface area contributed by atoms with Gasteiger partial charge in [-0.05, 0) is 43.3 Å².